The van der Waals surface area contributed by atoms with Crippen molar-refractivity contribution < 1.29 is 5.11 Å². The first kappa shape index (κ1) is 11.3. The van der Waals surface area contributed by atoms with Gasteiger partial charge in [0.25, 0.3) is 0 Å². The molecule has 1 aromatic heterocycles. The van der Waals surface area contributed by atoms with Gasteiger partial charge < -0.3 is 10.4 Å². The number of nitrogens with zero attached hydrogens (tertiary/aromatic N) is 2. The molecule has 0 saturated heterocycles. The smallest absolute Gasteiger partial charge is 0.202 e. The van der Waals surface area contributed by atoms with Crippen molar-refractivity contribution in [3.63, 3.8) is 0 Å². The summed E-state index contributed by atoms with van der Waals surface area (Å²) in [5.74, 6) is 1.02. The minimum Gasteiger partial charge on any atom is -0.506 e. The molecule has 0 atom stereocenters. The second kappa shape index (κ2) is 4.80. The molecule has 0 spiro atoms. The summed E-state index contributed by atoms with van der Waals surface area (Å²) in [7, 11) is 0. The van der Waals surface area contributed by atoms with Crippen LogP contribution in [0.4, 0.5) is 5.13 Å². The fourth-order valence-electron chi connectivity index (χ4n) is 1.24. The van der Waals surface area contributed by atoms with Gasteiger partial charge in [0.15, 0.2) is 0 Å². The highest BCUT2D eigenvalue weighted by atomic mass is 79.9. The summed E-state index contributed by atoms with van der Waals surface area (Å²) in [4.78, 5) is 4.18. The van der Waals surface area contributed by atoms with E-state index in [1.54, 1.807) is 6.07 Å². The number of phenols is 1. The standard InChI is InChI=1S/C10H10BrN3OS/c1-6-13-10(16-14-6)12-5-7-3-2-4-8(11)9(7)15/h2-4,15H,5H2,1H3,(H,12,13,14). The third-order valence-corrected chi connectivity index (χ3v) is 3.43. The van der Waals surface area contributed by atoms with Crippen LogP contribution in [0.15, 0.2) is 22.7 Å². The van der Waals surface area contributed by atoms with Crippen molar-refractivity contribution in [2.45, 2.75) is 13.5 Å². The van der Waals surface area contributed by atoms with Crippen LogP contribution in [-0.2, 0) is 6.54 Å². The van der Waals surface area contributed by atoms with Gasteiger partial charge in [-0.25, -0.2) is 4.98 Å². The molecule has 0 unspecified atom stereocenters. The molecule has 0 radical (unpaired) electrons. The van der Waals surface area contributed by atoms with Crippen molar-refractivity contribution >= 4 is 32.6 Å². The van der Waals surface area contributed by atoms with E-state index in [4.69, 9.17) is 0 Å². The summed E-state index contributed by atoms with van der Waals surface area (Å²) in [5.41, 5.74) is 0.822. The number of hydrogen-bond acceptors (Lipinski definition) is 5. The van der Waals surface area contributed by atoms with Gasteiger partial charge in [-0.2, -0.15) is 4.37 Å². The first-order valence-corrected chi connectivity index (χ1v) is 6.24. The quantitative estimate of drug-likeness (QED) is 0.915. The van der Waals surface area contributed by atoms with Crippen molar-refractivity contribution in [1.29, 1.82) is 0 Å². The molecule has 0 amide bonds. The fraction of sp³-hybridized carbons (Fsp3) is 0.200. The van der Waals surface area contributed by atoms with Gasteiger partial charge >= 0.3 is 0 Å². The highest BCUT2D eigenvalue weighted by Gasteiger charge is 2.05. The van der Waals surface area contributed by atoms with Gasteiger partial charge in [0.1, 0.15) is 11.6 Å². The molecule has 0 bridgehead atoms. The van der Waals surface area contributed by atoms with Gasteiger partial charge in [-0.05, 0) is 28.9 Å². The molecule has 0 aliphatic heterocycles. The minimum atomic E-state index is 0.260. The van der Waals surface area contributed by atoms with Gasteiger partial charge in [-0.3, -0.25) is 0 Å². The van der Waals surface area contributed by atoms with Crippen LogP contribution < -0.4 is 5.32 Å². The number of hydrogen-bond donors (Lipinski definition) is 2. The molecule has 0 fully saturated rings. The molecule has 6 heteroatoms. The van der Waals surface area contributed by atoms with E-state index in [1.807, 2.05) is 19.1 Å². The van der Waals surface area contributed by atoms with Gasteiger partial charge in [-0.15, -0.1) is 0 Å². The van der Waals surface area contributed by atoms with Crippen molar-refractivity contribution in [2.75, 3.05) is 5.32 Å². The first-order chi connectivity index (χ1) is 7.66. The van der Waals surface area contributed by atoms with Crippen LogP contribution >= 0.6 is 27.5 Å². The second-order valence-electron chi connectivity index (χ2n) is 3.25. The Labute approximate surface area is 106 Å². The normalized spacial score (nSPS) is 10.4. The molecule has 1 heterocycles. The van der Waals surface area contributed by atoms with Gasteiger partial charge in [0.2, 0.25) is 5.13 Å². The van der Waals surface area contributed by atoms with Crippen molar-refractivity contribution in [3.05, 3.63) is 34.1 Å². The average molecular weight is 300 g/mol. The Balaban J connectivity index is 2.07. The van der Waals surface area contributed by atoms with Crippen LogP contribution in [0, 0.1) is 6.92 Å². The molecule has 0 aliphatic carbocycles. The molecular formula is C10H10BrN3OS. The summed E-state index contributed by atoms with van der Waals surface area (Å²) in [6.45, 7) is 2.37. The van der Waals surface area contributed by atoms with Crippen molar-refractivity contribution in [1.82, 2.24) is 9.36 Å². The molecule has 16 heavy (non-hydrogen) atoms. The highest BCUT2D eigenvalue weighted by molar-refractivity contribution is 9.10. The lowest BCUT2D eigenvalue weighted by Gasteiger charge is -2.06. The predicted octanol–water partition coefficient (Wildman–Crippen LogP) is 2.93. The monoisotopic (exact) mass is 299 g/mol. The number of phenolic OH excluding ortho intramolecular Hbond substituents is 1. The van der Waals surface area contributed by atoms with E-state index >= 15 is 0 Å². The van der Waals surface area contributed by atoms with E-state index in [0.717, 1.165) is 16.5 Å². The average Bonchev–Trinajstić information content (AvgIpc) is 2.67. The Kier molecular flexibility index (Phi) is 3.40. The van der Waals surface area contributed by atoms with Crippen LogP contribution in [0.5, 0.6) is 5.75 Å². The number of nitrogens with one attached hydrogen (secondary N) is 1. The zero-order chi connectivity index (χ0) is 11.5. The number of para-hydroxylation sites is 1. The molecule has 2 aromatic rings. The third kappa shape index (κ3) is 2.51. The van der Waals surface area contributed by atoms with Crippen molar-refractivity contribution in [2.24, 2.45) is 0 Å². The molecule has 4 nitrogen and oxygen atoms in total. The molecule has 2 N–H and O–H groups in total. The largest absolute Gasteiger partial charge is 0.506 e. The Morgan fingerprint density at radius 3 is 3.00 bits per heavy atom. The molecule has 84 valence electrons. The van der Waals surface area contributed by atoms with Crippen LogP contribution in [-0.4, -0.2) is 14.5 Å². The number of benzene rings is 1. The summed E-state index contributed by atoms with van der Waals surface area (Å²) < 4.78 is 4.76. The third-order valence-electron chi connectivity index (χ3n) is 2.03. The number of rotatable bonds is 3. The van der Waals surface area contributed by atoms with E-state index in [9.17, 15) is 5.11 Å². The molecule has 0 saturated carbocycles. The Hall–Kier alpha value is -1.14. The van der Waals surface area contributed by atoms with Gasteiger partial charge in [0, 0.05) is 23.6 Å². The number of halogens is 1. The number of anilines is 1. The maximum absolute atomic E-state index is 9.76. The number of aromatic nitrogens is 2. The number of aryl methyl sites for hydroxylation is 1. The van der Waals surface area contributed by atoms with E-state index in [2.05, 4.69) is 30.6 Å². The summed E-state index contributed by atoms with van der Waals surface area (Å²) in [5, 5.41) is 13.6. The Morgan fingerprint density at radius 2 is 2.31 bits per heavy atom. The molecular weight excluding hydrogens is 290 g/mol. The molecule has 0 aliphatic rings. The summed E-state index contributed by atoms with van der Waals surface area (Å²) in [6.07, 6.45) is 0. The zero-order valence-electron chi connectivity index (χ0n) is 8.57. The zero-order valence-corrected chi connectivity index (χ0v) is 11.0. The highest BCUT2D eigenvalue weighted by Crippen LogP contribution is 2.28. The minimum absolute atomic E-state index is 0.260. The summed E-state index contributed by atoms with van der Waals surface area (Å²) in [6, 6.07) is 5.54. The Morgan fingerprint density at radius 1 is 1.50 bits per heavy atom. The van der Waals surface area contributed by atoms with E-state index in [0.29, 0.717) is 11.0 Å². The van der Waals surface area contributed by atoms with E-state index < -0.39 is 0 Å². The molecule has 2 rings (SSSR count). The maximum atomic E-state index is 9.76. The predicted molar refractivity (Wildman–Crippen MR) is 67.8 cm³/mol. The van der Waals surface area contributed by atoms with Gasteiger partial charge in [-0.1, -0.05) is 12.1 Å². The van der Waals surface area contributed by atoms with E-state index in [1.165, 1.54) is 11.5 Å². The lowest BCUT2D eigenvalue weighted by atomic mass is 10.2. The van der Waals surface area contributed by atoms with Crippen LogP contribution in [0.3, 0.4) is 0 Å². The second-order valence-corrected chi connectivity index (χ2v) is 4.85. The fourth-order valence-corrected chi connectivity index (χ4v) is 2.22. The SMILES string of the molecule is Cc1nsc(NCc2cccc(Br)c2O)n1. The van der Waals surface area contributed by atoms with Crippen LogP contribution in [0.2, 0.25) is 0 Å². The first-order valence-electron chi connectivity index (χ1n) is 4.67. The topological polar surface area (TPSA) is 58.0 Å². The van der Waals surface area contributed by atoms with Gasteiger partial charge in [0.05, 0.1) is 4.47 Å². The molecule has 1 aromatic carbocycles. The maximum Gasteiger partial charge on any atom is 0.202 e. The lowest BCUT2D eigenvalue weighted by Crippen LogP contribution is -1.99. The van der Waals surface area contributed by atoms with Crippen molar-refractivity contribution in [3.8, 4) is 5.75 Å². The van der Waals surface area contributed by atoms with Crippen LogP contribution in [0.1, 0.15) is 11.4 Å². The number of aromatic hydroxyl groups is 1. The lowest BCUT2D eigenvalue weighted by molar-refractivity contribution is 0.465. The van der Waals surface area contributed by atoms with Crippen LogP contribution in [0.25, 0.3) is 0 Å². The van der Waals surface area contributed by atoms with E-state index in [-0.39, 0.29) is 5.75 Å². The Bertz CT molecular complexity index is 501. The summed E-state index contributed by atoms with van der Waals surface area (Å²) >= 11 is 4.59.